The normalized spacial score (nSPS) is 9.21. The Morgan fingerprint density at radius 3 is 0.970 bits per heavy atom. The first-order chi connectivity index (χ1) is 15.3. The molecule has 2 amide bonds. The van der Waals surface area contributed by atoms with Crippen molar-refractivity contribution in [2.45, 2.75) is 0 Å². The fourth-order valence-corrected chi connectivity index (χ4v) is 2.59. The largest absolute Gasteiger partial charge is 0.493 e. The number of nitrogens with one attached hydrogen (secondary N) is 2. The number of hydrogen-bond acceptors (Lipinski definition) is 10. The van der Waals surface area contributed by atoms with Gasteiger partial charge in [0.2, 0.25) is 11.5 Å². The average molecular weight is 470 g/mol. The molecule has 13 heteroatoms. The Bertz CT molecular complexity index is 812. The van der Waals surface area contributed by atoms with Gasteiger partial charge in [-0.2, -0.15) is 0 Å². The monoisotopic (exact) mass is 470 g/mol. The molecular weight excluding hydrogens is 440 g/mol. The molecule has 0 aliphatic rings. The van der Waals surface area contributed by atoms with Crippen LogP contribution < -0.4 is 51.0 Å². The van der Waals surface area contributed by atoms with Crippen LogP contribution in [0.25, 0.3) is 0 Å². The number of hydrazine groups is 2. The number of benzene rings is 2. The number of amides is 2. The van der Waals surface area contributed by atoms with Crippen molar-refractivity contribution in [3.63, 3.8) is 0 Å². The minimum atomic E-state index is -0.431. The van der Waals surface area contributed by atoms with Crippen LogP contribution in [-0.2, 0) is 0 Å². The molecule has 2 rings (SSSR count). The molecule has 0 fully saturated rings. The van der Waals surface area contributed by atoms with Crippen molar-refractivity contribution in [2.24, 2.45) is 11.7 Å². The van der Waals surface area contributed by atoms with Crippen LogP contribution in [-0.4, -0.2) is 59.9 Å². The van der Waals surface area contributed by atoms with Crippen molar-refractivity contribution in [3.05, 3.63) is 35.4 Å². The van der Waals surface area contributed by atoms with Gasteiger partial charge in [0.25, 0.3) is 11.8 Å². The molecule has 13 nitrogen and oxygen atoms in total. The van der Waals surface area contributed by atoms with E-state index in [0.29, 0.717) is 45.6 Å². The van der Waals surface area contributed by atoms with E-state index >= 15 is 0 Å². The van der Waals surface area contributed by atoms with Crippen LogP contribution in [0.1, 0.15) is 20.7 Å². The lowest BCUT2D eigenvalue weighted by Crippen LogP contribution is -2.30. The number of nitrogens with two attached hydrogens (primary N) is 2. The Balaban J connectivity index is 0.000000602. The summed E-state index contributed by atoms with van der Waals surface area (Å²) in [5.74, 6) is 11.7. The number of methoxy groups -OCH3 is 6. The van der Waals surface area contributed by atoms with Gasteiger partial charge in [-0.1, -0.05) is 0 Å². The van der Waals surface area contributed by atoms with E-state index in [1.54, 1.807) is 0 Å². The second kappa shape index (κ2) is 14.2. The highest BCUT2D eigenvalue weighted by Gasteiger charge is 2.17. The van der Waals surface area contributed by atoms with E-state index in [2.05, 4.69) is 0 Å². The number of hydrogen-bond donors (Lipinski definition) is 4. The Morgan fingerprint density at radius 2 is 0.818 bits per heavy atom. The molecule has 0 atom stereocenters. The summed E-state index contributed by atoms with van der Waals surface area (Å²) in [4.78, 5) is 22.7. The highest BCUT2D eigenvalue weighted by Crippen LogP contribution is 2.39. The van der Waals surface area contributed by atoms with Gasteiger partial charge in [-0.15, -0.1) is 0 Å². The summed E-state index contributed by atoms with van der Waals surface area (Å²) in [6.45, 7) is 0. The number of carbonyl (C=O) groups is 2. The standard InChI is InChI=1S/2C10H14N2O4.H2O/c2*1-14-7-4-6(10(13)12-11)5-8(15-2)9(7)16-3;/h2*4-5H,11H2,1-3H3,(H,12,13);1H2. The van der Waals surface area contributed by atoms with E-state index in [1.807, 2.05) is 10.9 Å². The molecule has 0 radical (unpaired) electrons. The molecule has 0 saturated carbocycles. The maximum Gasteiger partial charge on any atom is 0.265 e. The molecule has 0 aromatic heterocycles. The minimum Gasteiger partial charge on any atom is -0.493 e. The molecule has 0 saturated heterocycles. The van der Waals surface area contributed by atoms with Crippen LogP contribution in [0.5, 0.6) is 34.5 Å². The number of nitrogen functional groups attached to an aromatic ring is 2. The minimum absolute atomic E-state index is 0. The van der Waals surface area contributed by atoms with E-state index < -0.39 is 11.8 Å². The molecule has 0 bridgehead atoms. The van der Waals surface area contributed by atoms with Gasteiger partial charge >= 0.3 is 0 Å². The first-order valence-electron chi connectivity index (χ1n) is 8.97. The summed E-state index contributed by atoms with van der Waals surface area (Å²) in [5, 5.41) is 0. The van der Waals surface area contributed by atoms with Gasteiger partial charge < -0.3 is 33.9 Å². The van der Waals surface area contributed by atoms with E-state index in [-0.39, 0.29) is 5.48 Å². The Hall–Kier alpha value is -3.94. The Labute approximate surface area is 191 Å². The van der Waals surface area contributed by atoms with Crippen molar-refractivity contribution in [1.29, 1.82) is 0 Å². The van der Waals surface area contributed by atoms with Crippen molar-refractivity contribution in [3.8, 4) is 34.5 Å². The predicted octanol–water partition coefficient (Wildman–Crippen LogP) is -0.193. The molecule has 33 heavy (non-hydrogen) atoms. The van der Waals surface area contributed by atoms with Gasteiger partial charge in [-0.3, -0.25) is 20.4 Å². The second-order valence-electron chi connectivity index (χ2n) is 5.77. The molecule has 8 N–H and O–H groups in total. The van der Waals surface area contributed by atoms with Gasteiger partial charge in [-0.05, 0) is 24.3 Å². The summed E-state index contributed by atoms with van der Waals surface area (Å²) < 4.78 is 30.6. The third kappa shape index (κ3) is 7.03. The molecule has 0 heterocycles. The molecule has 2 aromatic carbocycles. The highest BCUT2D eigenvalue weighted by atomic mass is 16.5. The van der Waals surface area contributed by atoms with Crippen molar-refractivity contribution in [2.75, 3.05) is 42.7 Å². The van der Waals surface area contributed by atoms with E-state index in [0.717, 1.165) is 0 Å². The maximum absolute atomic E-state index is 11.4. The van der Waals surface area contributed by atoms with Gasteiger partial charge in [0.1, 0.15) is 0 Å². The molecule has 0 aliphatic heterocycles. The zero-order valence-electron chi connectivity index (χ0n) is 19.2. The van der Waals surface area contributed by atoms with Crippen LogP contribution in [0.4, 0.5) is 0 Å². The smallest absolute Gasteiger partial charge is 0.265 e. The van der Waals surface area contributed by atoms with Gasteiger partial charge in [0.05, 0.1) is 42.7 Å². The van der Waals surface area contributed by atoms with Crippen LogP contribution in [0.15, 0.2) is 24.3 Å². The van der Waals surface area contributed by atoms with Gasteiger partial charge in [-0.25, -0.2) is 11.7 Å². The molecule has 0 unspecified atom stereocenters. The molecule has 184 valence electrons. The van der Waals surface area contributed by atoms with E-state index in [9.17, 15) is 9.59 Å². The predicted molar refractivity (Wildman–Crippen MR) is 119 cm³/mol. The lowest BCUT2D eigenvalue weighted by Gasteiger charge is -2.13. The summed E-state index contributed by atoms with van der Waals surface area (Å²) in [6.07, 6.45) is 0. The SMILES string of the molecule is COc1cc(C(=O)NN)cc(OC)c1OC.COc1cc(C(=O)NN)cc(OC)c1OC.O. The summed E-state index contributed by atoms with van der Waals surface area (Å²) >= 11 is 0. The van der Waals surface area contributed by atoms with Crippen LogP contribution in [0.2, 0.25) is 0 Å². The zero-order chi connectivity index (χ0) is 24.3. The summed E-state index contributed by atoms with van der Waals surface area (Å²) in [6, 6.07) is 6.07. The fraction of sp³-hybridized carbons (Fsp3) is 0.300. The number of ether oxygens (including phenoxy) is 6. The summed E-state index contributed by atoms with van der Waals surface area (Å²) in [5.41, 5.74) is 4.72. The zero-order valence-corrected chi connectivity index (χ0v) is 19.2. The molecule has 0 spiro atoms. The molecule has 2 aromatic rings. The third-order valence-electron chi connectivity index (χ3n) is 4.12. The summed E-state index contributed by atoms with van der Waals surface area (Å²) in [7, 11) is 8.87. The quantitative estimate of drug-likeness (QED) is 0.228. The first-order valence-corrected chi connectivity index (χ1v) is 8.97. The van der Waals surface area contributed by atoms with E-state index in [4.69, 9.17) is 40.1 Å². The maximum atomic E-state index is 11.4. The fourth-order valence-electron chi connectivity index (χ4n) is 2.59. The Kier molecular flexibility index (Phi) is 12.5. The van der Waals surface area contributed by atoms with Crippen LogP contribution in [0.3, 0.4) is 0 Å². The van der Waals surface area contributed by atoms with E-state index in [1.165, 1.54) is 66.9 Å². The first kappa shape index (κ1) is 29.1. The topological polar surface area (TPSA) is 197 Å². The number of carbonyl (C=O) groups excluding carboxylic acids is 2. The lowest BCUT2D eigenvalue weighted by atomic mass is 10.1. The van der Waals surface area contributed by atoms with Crippen molar-refractivity contribution < 1.29 is 43.5 Å². The highest BCUT2D eigenvalue weighted by molar-refractivity contribution is 5.95. The molecular formula is C20H30N4O9. The lowest BCUT2D eigenvalue weighted by molar-refractivity contribution is 0.0945. The van der Waals surface area contributed by atoms with Gasteiger partial charge in [0.15, 0.2) is 23.0 Å². The van der Waals surface area contributed by atoms with Crippen molar-refractivity contribution >= 4 is 11.8 Å². The Morgan fingerprint density at radius 1 is 0.576 bits per heavy atom. The molecule has 0 aliphatic carbocycles. The van der Waals surface area contributed by atoms with Crippen LogP contribution in [0, 0.1) is 0 Å². The second-order valence-corrected chi connectivity index (χ2v) is 5.77. The third-order valence-corrected chi connectivity index (χ3v) is 4.12. The van der Waals surface area contributed by atoms with Gasteiger partial charge in [0, 0.05) is 11.1 Å². The van der Waals surface area contributed by atoms with Crippen molar-refractivity contribution in [1.82, 2.24) is 10.9 Å². The number of rotatable bonds is 8. The average Bonchev–Trinajstić information content (AvgIpc) is 2.85. The van der Waals surface area contributed by atoms with Crippen LogP contribution >= 0.6 is 0 Å².